The molecule has 1 aromatic heterocycles. The summed E-state index contributed by atoms with van der Waals surface area (Å²) < 4.78 is 22.8. The molecule has 2 aliphatic heterocycles. The zero-order valence-corrected chi connectivity index (χ0v) is 20.4. The average molecular weight is 515 g/mol. The number of aliphatic hydroxyl groups is 1. The summed E-state index contributed by atoms with van der Waals surface area (Å²) in [7, 11) is 0. The molecule has 1 aromatic carbocycles. The van der Waals surface area contributed by atoms with Gasteiger partial charge in [0.2, 0.25) is 13.1 Å². The Labute approximate surface area is 213 Å². The van der Waals surface area contributed by atoms with E-state index in [2.05, 4.69) is 15.6 Å². The Bertz CT molecular complexity index is 1120. The van der Waals surface area contributed by atoms with E-state index >= 15 is 0 Å². The highest BCUT2D eigenvalue weighted by molar-refractivity contribution is 5.91. The lowest BCUT2D eigenvalue weighted by molar-refractivity contribution is -0.385. The maximum absolute atomic E-state index is 13.0. The van der Waals surface area contributed by atoms with Crippen LogP contribution in [0.3, 0.4) is 0 Å². The van der Waals surface area contributed by atoms with Crippen molar-refractivity contribution in [1.29, 1.82) is 0 Å². The van der Waals surface area contributed by atoms with Gasteiger partial charge in [0, 0.05) is 44.2 Å². The van der Waals surface area contributed by atoms with Crippen LogP contribution in [-0.2, 0) is 14.3 Å². The molecule has 3 atom stereocenters. The van der Waals surface area contributed by atoms with Gasteiger partial charge in [0.1, 0.15) is 12.0 Å². The Hall–Kier alpha value is -3.90. The number of benzene rings is 1. The SMILES string of the molecule is CCO[C@H]1OC(C(=O)NCCNc2ccc([N+](=O)[O-])cn2)=C[C@@H](c2ccc3c(c2)OCO3)[C@H]1CCCO. The average Bonchev–Trinajstić information content (AvgIpc) is 3.38. The number of ether oxygens (including phenoxy) is 4. The largest absolute Gasteiger partial charge is 0.459 e. The summed E-state index contributed by atoms with van der Waals surface area (Å²) in [5.74, 6) is 1.18. The van der Waals surface area contributed by atoms with Gasteiger partial charge in [-0.3, -0.25) is 14.9 Å². The van der Waals surface area contributed by atoms with Crippen molar-refractivity contribution >= 4 is 17.4 Å². The van der Waals surface area contributed by atoms with Gasteiger partial charge in [-0.05, 0) is 49.6 Å². The molecular weight excluding hydrogens is 484 g/mol. The van der Waals surface area contributed by atoms with Gasteiger partial charge in [0.25, 0.3) is 11.6 Å². The number of allylic oxidation sites excluding steroid dienone is 1. The van der Waals surface area contributed by atoms with Crippen LogP contribution in [0.4, 0.5) is 11.5 Å². The maximum Gasteiger partial charge on any atom is 0.287 e. The van der Waals surface area contributed by atoms with E-state index in [4.69, 9.17) is 18.9 Å². The summed E-state index contributed by atoms with van der Waals surface area (Å²) in [6, 6.07) is 8.54. The number of hydrogen-bond donors (Lipinski definition) is 3. The third-order valence-electron chi connectivity index (χ3n) is 6.09. The van der Waals surface area contributed by atoms with Gasteiger partial charge in [-0.15, -0.1) is 0 Å². The molecule has 1 amide bonds. The molecule has 0 fully saturated rings. The van der Waals surface area contributed by atoms with Crippen LogP contribution in [-0.4, -0.2) is 60.3 Å². The zero-order chi connectivity index (χ0) is 26.2. The van der Waals surface area contributed by atoms with Crippen LogP contribution in [0.5, 0.6) is 11.5 Å². The van der Waals surface area contributed by atoms with Gasteiger partial charge >= 0.3 is 0 Å². The van der Waals surface area contributed by atoms with Crippen LogP contribution in [0.25, 0.3) is 0 Å². The Balaban J connectivity index is 1.45. The Morgan fingerprint density at radius 2 is 2.08 bits per heavy atom. The highest BCUT2D eigenvalue weighted by atomic mass is 16.7. The van der Waals surface area contributed by atoms with Gasteiger partial charge < -0.3 is 34.7 Å². The quantitative estimate of drug-likeness (QED) is 0.219. The monoisotopic (exact) mass is 514 g/mol. The lowest BCUT2D eigenvalue weighted by Gasteiger charge is -2.37. The molecule has 0 unspecified atom stereocenters. The first kappa shape index (κ1) is 26.2. The van der Waals surface area contributed by atoms with E-state index in [0.717, 1.165) is 5.56 Å². The number of anilines is 1. The summed E-state index contributed by atoms with van der Waals surface area (Å²) in [5, 5.41) is 26.0. The maximum atomic E-state index is 13.0. The zero-order valence-electron chi connectivity index (χ0n) is 20.4. The van der Waals surface area contributed by atoms with Gasteiger partial charge in [0.15, 0.2) is 17.3 Å². The van der Waals surface area contributed by atoms with E-state index in [1.165, 1.54) is 18.3 Å². The van der Waals surface area contributed by atoms with Gasteiger partial charge in [-0.1, -0.05) is 6.07 Å². The Morgan fingerprint density at radius 3 is 2.81 bits per heavy atom. The van der Waals surface area contributed by atoms with E-state index in [1.54, 1.807) is 6.08 Å². The predicted octanol–water partition coefficient (Wildman–Crippen LogP) is 2.70. The molecule has 37 heavy (non-hydrogen) atoms. The third-order valence-corrected chi connectivity index (χ3v) is 6.09. The Kier molecular flexibility index (Phi) is 8.75. The molecule has 0 aliphatic carbocycles. The molecule has 4 rings (SSSR count). The number of carbonyl (C=O) groups is 1. The van der Waals surface area contributed by atoms with E-state index in [-0.39, 0.29) is 43.2 Å². The van der Waals surface area contributed by atoms with Crippen molar-refractivity contribution in [3.8, 4) is 11.5 Å². The molecular formula is C25H30N4O8. The highest BCUT2D eigenvalue weighted by Gasteiger charge is 2.38. The van der Waals surface area contributed by atoms with E-state index in [9.17, 15) is 20.0 Å². The van der Waals surface area contributed by atoms with Crippen molar-refractivity contribution in [3.63, 3.8) is 0 Å². The molecule has 3 heterocycles. The first-order valence-corrected chi connectivity index (χ1v) is 12.1. The summed E-state index contributed by atoms with van der Waals surface area (Å²) in [6.45, 7) is 3.07. The summed E-state index contributed by atoms with van der Waals surface area (Å²) in [6.07, 6.45) is 3.49. The number of nitro groups is 1. The van der Waals surface area contributed by atoms with E-state index in [1.807, 2.05) is 25.1 Å². The highest BCUT2D eigenvalue weighted by Crippen LogP contribution is 2.42. The number of hydrogen-bond acceptors (Lipinski definition) is 10. The summed E-state index contributed by atoms with van der Waals surface area (Å²) in [5.41, 5.74) is 0.829. The fourth-order valence-corrected chi connectivity index (χ4v) is 4.32. The van der Waals surface area contributed by atoms with Crippen molar-refractivity contribution in [2.75, 3.05) is 38.4 Å². The molecule has 0 saturated heterocycles. The number of amides is 1. The van der Waals surface area contributed by atoms with Crippen LogP contribution in [0.1, 0.15) is 31.2 Å². The van der Waals surface area contributed by atoms with Gasteiger partial charge in [-0.2, -0.15) is 0 Å². The molecule has 12 nitrogen and oxygen atoms in total. The second kappa shape index (κ2) is 12.4. The molecule has 3 N–H and O–H groups in total. The van der Waals surface area contributed by atoms with Crippen molar-refractivity contribution in [1.82, 2.24) is 10.3 Å². The van der Waals surface area contributed by atoms with Crippen molar-refractivity contribution in [2.45, 2.75) is 32.0 Å². The normalized spacial score (nSPS) is 20.1. The summed E-state index contributed by atoms with van der Waals surface area (Å²) >= 11 is 0. The molecule has 2 aromatic rings. The molecule has 0 bridgehead atoms. The first-order chi connectivity index (χ1) is 18.0. The number of carbonyl (C=O) groups excluding carboxylic acids is 1. The summed E-state index contributed by atoms with van der Waals surface area (Å²) in [4.78, 5) is 27.2. The van der Waals surface area contributed by atoms with Crippen molar-refractivity contribution < 1.29 is 33.8 Å². The number of aromatic nitrogens is 1. The number of aliphatic hydroxyl groups excluding tert-OH is 1. The lowest BCUT2D eigenvalue weighted by Crippen LogP contribution is -2.39. The minimum absolute atomic E-state index is 0.0386. The van der Waals surface area contributed by atoms with Crippen LogP contribution in [0, 0.1) is 16.0 Å². The lowest BCUT2D eigenvalue weighted by atomic mass is 9.80. The number of rotatable bonds is 12. The standard InChI is InChI=1S/C25H30N4O8/c1-2-34-25-18(4-3-11-30)19(16-5-7-20-21(12-16)36-15-35-20)13-22(37-25)24(31)27-10-9-26-23-8-6-17(14-28-23)29(32)33/h5-8,12-14,18-19,25,30H,2-4,9-11,15H2,1H3,(H,26,28)(H,27,31)/t18-,19+,25+/m1/s1. The molecule has 198 valence electrons. The van der Waals surface area contributed by atoms with E-state index < -0.39 is 17.1 Å². The number of nitrogens with zero attached hydrogens (tertiary/aromatic N) is 2. The molecule has 0 saturated carbocycles. The fraction of sp³-hybridized carbons (Fsp3) is 0.440. The third kappa shape index (κ3) is 6.46. The van der Waals surface area contributed by atoms with Crippen molar-refractivity contribution in [3.05, 3.63) is 64.0 Å². The van der Waals surface area contributed by atoms with E-state index in [0.29, 0.717) is 43.3 Å². The topological polar surface area (TPSA) is 154 Å². The van der Waals surface area contributed by atoms with Crippen LogP contribution >= 0.6 is 0 Å². The number of fused-ring (bicyclic) bond motifs is 1. The van der Waals surface area contributed by atoms with Crippen molar-refractivity contribution in [2.24, 2.45) is 5.92 Å². The second-order valence-corrected chi connectivity index (χ2v) is 8.48. The predicted molar refractivity (Wildman–Crippen MR) is 132 cm³/mol. The number of nitrogens with one attached hydrogen (secondary N) is 2. The first-order valence-electron chi connectivity index (χ1n) is 12.1. The number of pyridine rings is 1. The van der Waals surface area contributed by atoms with Crippen LogP contribution < -0.4 is 20.1 Å². The smallest absolute Gasteiger partial charge is 0.287 e. The fourth-order valence-electron chi connectivity index (χ4n) is 4.32. The van der Waals surface area contributed by atoms with Gasteiger partial charge in [0.05, 0.1) is 4.92 Å². The minimum Gasteiger partial charge on any atom is -0.459 e. The molecule has 0 spiro atoms. The minimum atomic E-state index is -0.667. The second-order valence-electron chi connectivity index (χ2n) is 8.48. The van der Waals surface area contributed by atoms with Crippen LogP contribution in [0.15, 0.2) is 48.4 Å². The van der Waals surface area contributed by atoms with Gasteiger partial charge in [-0.25, -0.2) is 4.98 Å². The Morgan fingerprint density at radius 1 is 1.24 bits per heavy atom. The van der Waals surface area contributed by atoms with Crippen LogP contribution in [0.2, 0.25) is 0 Å². The molecule has 12 heteroatoms. The molecule has 0 radical (unpaired) electrons. The molecule has 2 aliphatic rings.